The average Bonchev–Trinajstić information content (AvgIpc) is 3.16. The summed E-state index contributed by atoms with van der Waals surface area (Å²) in [7, 11) is 0. The van der Waals surface area contributed by atoms with Crippen molar-refractivity contribution in [1.82, 2.24) is 25.5 Å². The van der Waals surface area contributed by atoms with Crippen molar-refractivity contribution in [3.8, 4) is 0 Å². The van der Waals surface area contributed by atoms with Crippen LogP contribution in [-0.4, -0.2) is 26.1 Å². The zero-order valence-corrected chi connectivity index (χ0v) is 12.8. The van der Waals surface area contributed by atoms with Gasteiger partial charge < -0.3 is 5.32 Å². The third-order valence-electron chi connectivity index (χ3n) is 4.12. The monoisotopic (exact) mass is 299 g/mol. The van der Waals surface area contributed by atoms with Crippen LogP contribution in [0.15, 0.2) is 24.3 Å². The van der Waals surface area contributed by atoms with Gasteiger partial charge in [-0.2, -0.15) is 0 Å². The van der Waals surface area contributed by atoms with Crippen molar-refractivity contribution in [1.29, 1.82) is 0 Å². The van der Waals surface area contributed by atoms with Gasteiger partial charge in [0.1, 0.15) is 0 Å². The molecule has 0 bridgehead atoms. The van der Waals surface area contributed by atoms with E-state index in [2.05, 4.69) is 20.8 Å². The standard InChI is InChI=1S/C16H21N5O/c1-12-5-4-6-13(9-12)10-16(22)17-11-15-18-19-20-21(15)14-7-2-3-8-14/h4-6,9,14H,2-3,7-8,10-11H2,1H3,(H,17,22). The zero-order chi connectivity index (χ0) is 15.4. The molecular weight excluding hydrogens is 278 g/mol. The van der Waals surface area contributed by atoms with Crippen molar-refractivity contribution in [2.45, 2.75) is 51.6 Å². The van der Waals surface area contributed by atoms with Gasteiger partial charge in [-0.25, -0.2) is 4.68 Å². The van der Waals surface area contributed by atoms with Gasteiger partial charge in [-0.15, -0.1) is 5.10 Å². The fourth-order valence-corrected chi connectivity index (χ4v) is 3.01. The topological polar surface area (TPSA) is 72.7 Å². The summed E-state index contributed by atoms with van der Waals surface area (Å²) in [5.74, 6) is 0.732. The predicted octanol–water partition coefficient (Wildman–Crippen LogP) is 1.96. The van der Waals surface area contributed by atoms with E-state index in [-0.39, 0.29) is 5.91 Å². The minimum atomic E-state index is -0.00780. The second-order valence-electron chi connectivity index (χ2n) is 5.92. The normalized spacial score (nSPS) is 15.1. The van der Waals surface area contributed by atoms with Crippen LogP contribution in [0.4, 0.5) is 0 Å². The summed E-state index contributed by atoms with van der Waals surface area (Å²) in [6, 6.07) is 8.38. The number of carbonyl (C=O) groups excluding carboxylic acids is 1. The summed E-state index contributed by atoms with van der Waals surface area (Å²) in [4.78, 5) is 12.1. The fourth-order valence-electron chi connectivity index (χ4n) is 3.01. The molecule has 0 spiro atoms. The van der Waals surface area contributed by atoms with Crippen LogP contribution in [0.3, 0.4) is 0 Å². The predicted molar refractivity (Wildman–Crippen MR) is 82.1 cm³/mol. The number of benzene rings is 1. The van der Waals surface area contributed by atoms with Crippen molar-refractivity contribution in [2.75, 3.05) is 0 Å². The number of hydrogen-bond donors (Lipinski definition) is 1. The van der Waals surface area contributed by atoms with E-state index in [0.717, 1.165) is 29.8 Å². The Hall–Kier alpha value is -2.24. The Kier molecular flexibility index (Phi) is 4.46. The number of rotatable bonds is 5. The second kappa shape index (κ2) is 6.68. The molecule has 1 aromatic carbocycles. The number of aromatic nitrogens is 4. The van der Waals surface area contributed by atoms with Crippen LogP contribution in [-0.2, 0) is 17.8 Å². The van der Waals surface area contributed by atoms with Crippen LogP contribution in [0.1, 0.15) is 48.7 Å². The molecule has 1 aromatic heterocycles. The van der Waals surface area contributed by atoms with Crippen LogP contribution in [0, 0.1) is 6.92 Å². The number of nitrogens with zero attached hydrogens (tertiary/aromatic N) is 4. The van der Waals surface area contributed by atoms with Crippen molar-refractivity contribution < 1.29 is 4.79 Å². The third-order valence-corrected chi connectivity index (χ3v) is 4.12. The first-order valence-corrected chi connectivity index (χ1v) is 7.81. The minimum absolute atomic E-state index is 0.00780. The SMILES string of the molecule is Cc1cccc(CC(=O)NCc2nnnn2C2CCCC2)c1. The molecule has 6 nitrogen and oxygen atoms in total. The lowest BCUT2D eigenvalue weighted by molar-refractivity contribution is -0.120. The van der Waals surface area contributed by atoms with E-state index in [1.54, 1.807) is 0 Å². The Labute approximate surface area is 129 Å². The molecule has 1 fully saturated rings. The fraction of sp³-hybridized carbons (Fsp3) is 0.500. The smallest absolute Gasteiger partial charge is 0.224 e. The van der Waals surface area contributed by atoms with E-state index in [4.69, 9.17) is 0 Å². The molecule has 6 heteroatoms. The van der Waals surface area contributed by atoms with E-state index in [9.17, 15) is 4.79 Å². The van der Waals surface area contributed by atoms with Crippen LogP contribution in [0.5, 0.6) is 0 Å². The molecule has 1 saturated carbocycles. The highest BCUT2D eigenvalue weighted by Crippen LogP contribution is 2.28. The molecular formula is C16H21N5O. The van der Waals surface area contributed by atoms with Gasteiger partial charge in [-0.3, -0.25) is 4.79 Å². The maximum atomic E-state index is 12.1. The van der Waals surface area contributed by atoms with Crippen molar-refractivity contribution in [3.05, 3.63) is 41.2 Å². The average molecular weight is 299 g/mol. The minimum Gasteiger partial charge on any atom is -0.348 e. The first-order chi connectivity index (χ1) is 10.7. The number of hydrogen-bond acceptors (Lipinski definition) is 4. The van der Waals surface area contributed by atoms with Crippen LogP contribution >= 0.6 is 0 Å². The lowest BCUT2D eigenvalue weighted by Crippen LogP contribution is -2.27. The molecule has 3 rings (SSSR count). The first kappa shape index (κ1) is 14.7. The molecule has 1 heterocycles. The summed E-state index contributed by atoms with van der Waals surface area (Å²) in [6.45, 7) is 2.41. The van der Waals surface area contributed by atoms with Gasteiger partial charge in [0.25, 0.3) is 0 Å². The summed E-state index contributed by atoms with van der Waals surface area (Å²) < 4.78 is 1.87. The van der Waals surface area contributed by atoms with E-state index in [1.807, 2.05) is 35.9 Å². The third kappa shape index (κ3) is 3.50. The van der Waals surface area contributed by atoms with Crippen molar-refractivity contribution in [2.24, 2.45) is 0 Å². The molecule has 2 aromatic rings. The van der Waals surface area contributed by atoms with E-state index >= 15 is 0 Å². The molecule has 116 valence electrons. The molecule has 0 atom stereocenters. The number of nitrogens with one attached hydrogen (secondary N) is 1. The van der Waals surface area contributed by atoms with E-state index in [1.165, 1.54) is 12.8 Å². The number of aryl methyl sites for hydroxylation is 1. The largest absolute Gasteiger partial charge is 0.348 e. The molecule has 0 radical (unpaired) electrons. The first-order valence-electron chi connectivity index (χ1n) is 7.81. The van der Waals surface area contributed by atoms with E-state index < -0.39 is 0 Å². The Morgan fingerprint density at radius 2 is 2.18 bits per heavy atom. The zero-order valence-electron chi connectivity index (χ0n) is 12.8. The van der Waals surface area contributed by atoms with Gasteiger partial charge in [0, 0.05) is 0 Å². The highest BCUT2D eigenvalue weighted by molar-refractivity contribution is 5.78. The number of amides is 1. The number of tetrazole rings is 1. The molecule has 0 unspecified atom stereocenters. The van der Waals surface area contributed by atoms with Gasteiger partial charge in [0.15, 0.2) is 5.82 Å². The second-order valence-corrected chi connectivity index (χ2v) is 5.92. The Bertz CT molecular complexity index is 645. The summed E-state index contributed by atoms with van der Waals surface area (Å²) in [5.41, 5.74) is 2.18. The maximum Gasteiger partial charge on any atom is 0.224 e. The van der Waals surface area contributed by atoms with Gasteiger partial charge >= 0.3 is 0 Å². The van der Waals surface area contributed by atoms with Gasteiger partial charge in [0.2, 0.25) is 5.91 Å². The van der Waals surface area contributed by atoms with Crippen LogP contribution < -0.4 is 5.32 Å². The molecule has 1 aliphatic carbocycles. The Morgan fingerprint density at radius 1 is 1.36 bits per heavy atom. The highest BCUT2D eigenvalue weighted by atomic mass is 16.1. The lowest BCUT2D eigenvalue weighted by atomic mass is 10.1. The molecule has 0 saturated heterocycles. The van der Waals surface area contributed by atoms with Gasteiger partial charge in [-0.1, -0.05) is 42.7 Å². The van der Waals surface area contributed by atoms with Gasteiger partial charge in [-0.05, 0) is 35.8 Å². The molecule has 22 heavy (non-hydrogen) atoms. The highest BCUT2D eigenvalue weighted by Gasteiger charge is 2.21. The maximum absolute atomic E-state index is 12.1. The number of carbonyl (C=O) groups is 1. The molecule has 1 aliphatic rings. The summed E-state index contributed by atoms with van der Waals surface area (Å²) in [5, 5.41) is 14.8. The Morgan fingerprint density at radius 3 is 2.95 bits per heavy atom. The molecule has 0 aliphatic heterocycles. The van der Waals surface area contributed by atoms with Crippen molar-refractivity contribution >= 4 is 5.91 Å². The van der Waals surface area contributed by atoms with Gasteiger partial charge in [0.05, 0.1) is 19.0 Å². The quantitative estimate of drug-likeness (QED) is 0.916. The Balaban J connectivity index is 1.56. The molecule has 1 N–H and O–H groups in total. The van der Waals surface area contributed by atoms with Crippen LogP contribution in [0.25, 0.3) is 0 Å². The summed E-state index contributed by atoms with van der Waals surface area (Å²) >= 11 is 0. The lowest BCUT2D eigenvalue weighted by Gasteiger charge is -2.11. The summed E-state index contributed by atoms with van der Waals surface area (Å²) in [6.07, 6.45) is 5.07. The molecule has 1 amide bonds. The van der Waals surface area contributed by atoms with Crippen LogP contribution in [0.2, 0.25) is 0 Å². The van der Waals surface area contributed by atoms with E-state index in [0.29, 0.717) is 19.0 Å². The van der Waals surface area contributed by atoms with Crippen molar-refractivity contribution in [3.63, 3.8) is 0 Å².